The zero-order valence-electron chi connectivity index (χ0n) is 18.1. The number of nitrogens with one attached hydrogen (secondary N) is 2. The number of carbonyl (C=O) groups excluding carboxylic acids is 2. The van der Waals surface area contributed by atoms with Crippen molar-refractivity contribution in [3.8, 4) is 0 Å². The van der Waals surface area contributed by atoms with Crippen molar-refractivity contribution in [2.75, 3.05) is 45.9 Å². The highest BCUT2D eigenvalue weighted by Gasteiger charge is 2.32. The molecule has 10 heteroatoms. The summed E-state index contributed by atoms with van der Waals surface area (Å²) in [5.41, 5.74) is 0.928. The van der Waals surface area contributed by atoms with E-state index < -0.39 is 26.9 Å². The molecule has 1 fully saturated rings. The largest absolute Gasteiger partial charge is 0.468 e. The number of carbonyl (C=O) groups is 2. The number of ether oxygens (including phenoxy) is 1. The number of aryl methyl sites for hydroxylation is 1. The van der Waals surface area contributed by atoms with Crippen molar-refractivity contribution < 1.29 is 27.2 Å². The number of nitrogens with zero attached hydrogens (tertiary/aromatic N) is 1. The van der Waals surface area contributed by atoms with Crippen LogP contribution in [0.5, 0.6) is 0 Å². The molecule has 1 aliphatic rings. The molecule has 9 nitrogen and oxygen atoms in total. The van der Waals surface area contributed by atoms with E-state index in [2.05, 4.69) is 15.5 Å². The quantitative estimate of drug-likeness (QED) is 0.422. The van der Waals surface area contributed by atoms with Crippen LogP contribution in [0.1, 0.15) is 23.0 Å². The topological polar surface area (TPSA) is 118 Å². The van der Waals surface area contributed by atoms with Crippen molar-refractivity contribution in [1.82, 2.24) is 15.5 Å². The van der Waals surface area contributed by atoms with Crippen LogP contribution in [0, 0.1) is 6.92 Å². The molecule has 0 aliphatic carbocycles. The maximum absolute atomic E-state index is 13.2. The van der Waals surface area contributed by atoms with Crippen molar-refractivity contribution >= 4 is 21.7 Å². The van der Waals surface area contributed by atoms with Gasteiger partial charge < -0.3 is 19.8 Å². The van der Waals surface area contributed by atoms with Crippen LogP contribution in [0.25, 0.3) is 0 Å². The van der Waals surface area contributed by atoms with E-state index in [1.165, 1.54) is 24.5 Å². The van der Waals surface area contributed by atoms with E-state index in [4.69, 9.17) is 9.15 Å². The zero-order valence-corrected chi connectivity index (χ0v) is 18.9. The molecule has 32 heavy (non-hydrogen) atoms. The summed E-state index contributed by atoms with van der Waals surface area (Å²) >= 11 is 0. The van der Waals surface area contributed by atoms with Crippen LogP contribution in [0.15, 0.2) is 52.0 Å². The minimum absolute atomic E-state index is 0.117. The highest BCUT2D eigenvalue weighted by molar-refractivity contribution is 7.91. The second-order valence-electron chi connectivity index (χ2n) is 7.64. The van der Waals surface area contributed by atoms with Crippen LogP contribution < -0.4 is 10.6 Å². The number of morpholine rings is 1. The molecule has 2 N–H and O–H groups in total. The van der Waals surface area contributed by atoms with Gasteiger partial charge in [0.1, 0.15) is 11.0 Å². The Morgan fingerprint density at radius 3 is 2.41 bits per heavy atom. The number of sulfone groups is 1. The van der Waals surface area contributed by atoms with Crippen LogP contribution >= 0.6 is 0 Å². The van der Waals surface area contributed by atoms with Crippen molar-refractivity contribution in [2.45, 2.75) is 23.5 Å². The average Bonchev–Trinajstić information content (AvgIpc) is 3.32. The van der Waals surface area contributed by atoms with E-state index >= 15 is 0 Å². The summed E-state index contributed by atoms with van der Waals surface area (Å²) in [4.78, 5) is 26.7. The number of furan rings is 1. The van der Waals surface area contributed by atoms with Crippen molar-refractivity contribution in [1.29, 1.82) is 0 Å². The predicted octanol–water partition coefficient (Wildman–Crippen LogP) is 1.06. The summed E-state index contributed by atoms with van der Waals surface area (Å²) in [6, 6.07) is 9.56. The third kappa shape index (κ3) is 6.41. The van der Waals surface area contributed by atoms with Crippen LogP contribution in [0.2, 0.25) is 0 Å². The minimum atomic E-state index is -3.85. The molecule has 1 saturated heterocycles. The lowest BCUT2D eigenvalue weighted by molar-refractivity contribution is -0.139. The van der Waals surface area contributed by atoms with Crippen molar-refractivity contribution in [2.24, 2.45) is 0 Å². The van der Waals surface area contributed by atoms with E-state index in [9.17, 15) is 18.0 Å². The van der Waals surface area contributed by atoms with E-state index in [0.29, 0.717) is 26.2 Å². The molecule has 2 heterocycles. The lowest BCUT2D eigenvalue weighted by Crippen LogP contribution is -2.43. The minimum Gasteiger partial charge on any atom is -0.468 e. The van der Waals surface area contributed by atoms with Gasteiger partial charge in [-0.05, 0) is 44.2 Å². The van der Waals surface area contributed by atoms with Gasteiger partial charge in [-0.25, -0.2) is 8.42 Å². The molecule has 3 rings (SSSR count). The third-order valence-corrected chi connectivity index (χ3v) is 7.36. The summed E-state index contributed by atoms with van der Waals surface area (Å²) < 4.78 is 36.9. The standard InChI is InChI=1S/C22H29N3O6S/c1-17-5-7-18(8-6-17)32(28,29)20(19-4-2-13-31-19)16-24-22(27)21(26)23-9-3-10-25-11-14-30-15-12-25/h2,4-8,13,20H,3,9-12,14-16H2,1H3,(H,23,26)(H,24,27)/t20-/m0/s1. The molecule has 0 spiro atoms. The lowest BCUT2D eigenvalue weighted by Gasteiger charge is -2.26. The number of hydrogen-bond donors (Lipinski definition) is 2. The smallest absolute Gasteiger partial charge is 0.309 e. The highest BCUT2D eigenvalue weighted by atomic mass is 32.2. The summed E-state index contributed by atoms with van der Waals surface area (Å²) in [5.74, 6) is -1.48. The van der Waals surface area contributed by atoms with Gasteiger partial charge in [0.2, 0.25) is 0 Å². The molecule has 0 saturated carbocycles. The van der Waals surface area contributed by atoms with Crippen LogP contribution in [-0.4, -0.2) is 71.1 Å². The summed E-state index contributed by atoms with van der Waals surface area (Å²) in [5, 5.41) is 3.85. The van der Waals surface area contributed by atoms with Gasteiger partial charge in [0.05, 0.1) is 24.4 Å². The molecular weight excluding hydrogens is 434 g/mol. The Balaban J connectivity index is 1.54. The second kappa shape index (κ2) is 11.3. The van der Waals surface area contributed by atoms with Crippen LogP contribution in [0.3, 0.4) is 0 Å². The van der Waals surface area contributed by atoms with Gasteiger partial charge in [0.15, 0.2) is 9.84 Å². The first-order chi connectivity index (χ1) is 15.4. The Morgan fingerprint density at radius 2 is 1.75 bits per heavy atom. The van der Waals surface area contributed by atoms with Gasteiger partial charge in [0.25, 0.3) is 0 Å². The molecular formula is C22H29N3O6S. The second-order valence-corrected chi connectivity index (χ2v) is 9.77. The van der Waals surface area contributed by atoms with E-state index in [-0.39, 0.29) is 17.2 Å². The lowest BCUT2D eigenvalue weighted by atomic mass is 10.2. The maximum atomic E-state index is 13.2. The fourth-order valence-corrected chi connectivity index (χ4v) is 4.99. The normalized spacial score (nSPS) is 15.8. The van der Waals surface area contributed by atoms with Gasteiger partial charge in [0, 0.05) is 26.2 Å². The number of amides is 2. The fraction of sp³-hybridized carbons (Fsp3) is 0.455. The Kier molecular flexibility index (Phi) is 8.43. The molecule has 1 aromatic carbocycles. The van der Waals surface area contributed by atoms with Crippen molar-refractivity contribution in [3.05, 3.63) is 54.0 Å². The summed E-state index contributed by atoms with van der Waals surface area (Å²) in [7, 11) is -3.85. The number of benzene rings is 1. The van der Waals surface area contributed by atoms with Gasteiger partial charge in [-0.3, -0.25) is 14.5 Å². The molecule has 0 unspecified atom stereocenters. The third-order valence-electron chi connectivity index (χ3n) is 5.28. The molecule has 2 amide bonds. The molecule has 2 aromatic rings. The Labute approximate surface area is 188 Å². The molecule has 0 bridgehead atoms. The van der Waals surface area contributed by atoms with Gasteiger partial charge in [-0.15, -0.1) is 0 Å². The first-order valence-electron chi connectivity index (χ1n) is 10.6. The first-order valence-corrected chi connectivity index (χ1v) is 12.1. The highest BCUT2D eigenvalue weighted by Crippen LogP contribution is 2.29. The van der Waals surface area contributed by atoms with Gasteiger partial charge in [-0.1, -0.05) is 17.7 Å². The van der Waals surface area contributed by atoms with Crippen molar-refractivity contribution in [3.63, 3.8) is 0 Å². The summed E-state index contributed by atoms with van der Waals surface area (Å²) in [6.07, 6.45) is 2.08. The number of rotatable bonds is 9. The SMILES string of the molecule is Cc1ccc(S(=O)(=O)[C@@H](CNC(=O)C(=O)NCCCN2CCOCC2)c2ccco2)cc1. The molecule has 1 atom stereocenters. The van der Waals surface area contributed by atoms with Gasteiger partial charge >= 0.3 is 11.8 Å². The zero-order chi connectivity index (χ0) is 23.0. The number of hydrogen-bond acceptors (Lipinski definition) is 7. The van der Waals surface area contributed by atoms with E-state index in [1.807, 2.05) is 6.92 Å². The Morgan fingerprint density at radius 1 is 1.06 bits per heavy atom. The summed E-state index contributed by atoms with van der Waals surface area (Å²) in [6.45, 7) is 5.86. The fourth-order valence-electron chi connectivity index (χ4n) is 3.41. The average molecular weight is 464 g/mol. The monoisotopic (exact) mass is 463 g/mol. The van der Waals surface area contributed by atoms with Crippen LogP contribution in [0.4, 0.5) is 0 Å². The Bertz CT molecular complexity index is 983. The molecule has 1 aromatic heterocycles. The van der Waals surface area contributed by atoms with E-state index in [1.54, 1.807) is 18.2 Å². The maximum Gasteiger partial charge on any atom is 0.309 e. The molecule has 174 valence electrons. The van der Waals surface area contributed by atoms with E-state index in [0.717, 1.165) is 25.2 Å². The molecule has 1 aliphatic heterocycles. The van der Waals surface area contributed by atoms with Gasteiger partial charge in [-0.2, -0.15) is 0 Å². The Hall–Kier alpha value is -2.69. The van der Waals surface area contributed by atoms with Crippen LogP contribution in [-0.2, 0) is 24.2 Å². The molecule has 0 radical (unpaired) electrons. The first kappa shape index (κ1) is 24.0. The predicted molar refractivity (Wildman–Crippen MR) is 118 cm³/mol.